The Morgan fingerprint density at radius 1 is 1.40 bits per heavy atom. The van der Waals surface area contributed by atoms with Crippen molar-refractivity contribution >= 4 is 15.9 Å². The fourth-order valence-corrected chi connectivity index (χ4v) is 5.12. The molecule has 0 fully saturated rings. The van der Waals surface area contributed by atoms with E-state index in [-0.39, 0.29) is 17.6 Å². The van der Waals surface area contributed by atoms with Crippen LogP contribution in [0, 0.1) is 11.8 Å². The lowest BCUT2D eigenvalue weighted by Gasteiger charge is -2.29. The van der Waals surface area contributed by atoms with Gasteiger partial charge in [-0.05, 0) is 18.4 Å². The summed E-state index contributed by atoms with van der Waals surface area (Å²) in [5.41, 5.74) is 2.63. The molecule has 2 N–H and O–H groups in total. The molecule has 7 nitrogen and oxygen atoms in total. The number of rotatable bonds is 5. The Balaban J connectivity index is 1.81. The maximum atomic E-state index is 12.7. The number of fused-ring (bicyclic) bond motifs is 3. The summed E-state index contributed by atoms with van der Waals surface area (Å²) in [5.74, 6) is -0.651. The van der Waals surface area contributed by atoms with E-state index in [1.807, 2.05) is 24.3 Å². The fraction of sp³-hybridized carbons (Fsp3) is 0.471. The van der Waals surface area contributed by atoms with Crippen LogP contribution in [0.4, 0.5) is 0 Å². The molecule has 2 unspecified atom stereocenters. The third kappa shape index (κ3) is 3.36. The minimum atomic E-state index is -3.70. The van der Waals surface area contributed by atoms with Crippen LogP contribution < -0.4 is 10.2 Å². The zero-order valence-corrected chi connectivity index (χ0v) is 15.0. The molecule has 0 bridgehead atoms. The summed E-state index contributed by atoms with van der Waals surface area (Å²) in [6, 6.07) is 7.68. The van der Waals surface area contributed by atoms with E-state index in [1.54, 1.807) is 19.3 Å². The summed E-state index contributed by atoms with van der Waals surface area (Å²) in [5, 5.41) is 8.84. The summed E-state index contributed by atoms with van der Waals surface area (Å²) >= 11 is 0. The molecule has 1 aromatic carbocycles. The molecule has 1 aromatic rings. The lowest BCUT2D eigenvalue weighted by Crippen LogP contribution is -2.41. The van der Waals surface area contributed by atoms with Gasteiger partial charge in [0.25, 0.3) is 0 Å². The third-order valence-electron chi connectivity index (χ3n) is 4.77. The third-order valence-corrected chi connectivity index (χ3v) is 6.56. The van der Waals surface area contributed by atoms with Gasteiger partial charge in [0.05, 0.1) is 17.9 Å². The van der Waals surface area contributed by atoms with Crippen molar-refractivity contribution in [2.45, 2.75) is 26.2 Å². The van der Waals surface area contributed by atoms with Gasteiger partial charge in [-0.1, -0.05) is 32.0 Å². The van der Waals surface area contributed by atoms with Gasteiger partial charge in [0.2, 0.25) is 15.9 Å². The lowest BCUT2D eigenvalue weighted by atomic mass is 9.94. The highest BCUT2D eigenvalue weighted by Crippen LogP contribution is 2.44. The Morgan fingerprint density at radius 2 is 2.12 bits per heavy atom. The molecule has 2 aliphatic heterocycles. The number of benzene rings is 1. The van der Waals surface area contributed by atoms with Crippen LogP contribution >= 0.6 is 0 Å². The number of sulfonamides is 1. The minimum Gasteiger partial charge on any atom is -0.459 e. The monoisotopic (exact) mass is 366 g/mol. The maximum absolute atomic E-state index is 12.7. The van der Waals surface area contributed by atoms with Crippen LogP contribution in [0.25, 0.3) is 0 Å². The lowest BCUT2D eigenvalue weighted by molar-refractivity contribution is -0.134. The van der Waals surface area contributed by atoms with Crippen molar-refractivity contribution in [3.8, 4) is 5.75 Å². The van der Waals surface area contributed by atoms with Crippen molar-refractivity contribution in [3.05, 3.63) is 41.8 Å². The fourth-order valence-electron chi connectivity index (χ4n) is 3.29. The Hall–Kier alpha value is -2.06. The van der Waals surface area contributed by atoms with Crippen molar-refractivity contribution in [1.82, 2.24) is 9.79 Å². The number of hydroxylamine groups is 1. The predicted octanol–water partition coefficient (Wildman–Crippen LogP) is 1.82. The van der Waals surface area contributed by atoms with Gasteiger partial charge in [-0.15, -0.1) is 0 Å². The van der Waals surface area contributed by atoms with Gasteiger partial charge in [-0.3, -0.25) is 14.3 Å². The molecule has 2 aliphatic rings. The molecule has 25 heavy (non-hydrogen) atoms. The Bertz CT molecular complexity index is 803. The number of para-hydroxylation sites is 1. The highest BCUT2D eigenvalue weighted by molar-refractivity contribution is 7.89. The largest absolute Gasteiger partial charge is 0.459 e. The van der Waals surface area contributed by atoms with Crippen molar-refractivity contribution in [3.63, 3.8) is 0 Å². The number of hydrogen-bond donors (Lipinski definition) is 2. The molecule has 0 saturated carbocycles. The zero-order chi connectivity index (χ0) is 18.2. The molecule has 0 aromatic heterocycles. The average molecular weight is 366 g/mol. The summed E-state index contributed by atoms with van der Waals surface area (Å²) < 4.78 is 32.5. The molecule has 8 heteroatoms. The minimum absolute atomic E-state index is 0.0734. The molecule has 2 heterocycles. The summed E-state index contributed by atoms with van der Waals surface area (Å²) in [6.07, 6.45) is 2.15. The van der Waals surface area contributed by atoms with E-state index in [1.165, 1.54) is 10.5 Å². The Kier molecular flexibility index (Phi) is 4.75. The zero-order valence-electron chi connectivity index (χ0n) is 14.2. The van der Waals surface area contributed by atoms with Crippen LogP contribution in [0.5, 0.6) is 5.75 Å². The topological polar surface area (TPSA) is 95.9 Å². The molecule has 3 rings (SSSR count). The van der Waals surface area contributed by atoms with Crippen molar-refractivity contribution in [2.75, 3.05) is 12.3 Å². The standard InChI is InChI=1S/C17H22N2O5S/c1-11(2)14(17(20)18-21)10-25(22,23)19-8-7-13-12-5-3-4-6-15(12)24-16(13)9-19/h3-6,9,11,13-14,21H,7-8,10H2,1-2H3,(H,18,20). The van der Waals surface area contributed by atoms with Crippen LogP contribution in [0.3, 0.4) is 0 Å². The van der Waals surface area contributed by atoms with Crippen molar-refractivity contribution in [2.24, 2.45) is 11.8 Å². The van der Waals surface area contributed by atoms with E-state index >= 15 is 0 Å². The predicted molar refractivity (Wildman–Crippen MR) is 91.3 cm³/mol. The SMILES string of the molecule is CC(C)C(CS(=O)(=O)N1C=C2Oc3ccccc3C2CC1)C(=O)NO. The summed E-state index contributed by atoms with van der Waals surface area (Å²) in [6.45, 7) is 3.83. The molecule has 0 spiro atoms. The van der Waals surface area contributed by atoms with E-state index in [0.717, 1.165) is 11.3 Å². The van der Waals surface area contributed by atoms with Crippen LogP contribution in [-0.4, -0.2) is 36.1 Å². The maximum Gasteiger partial charge on any atom is 0.247 e. The molecular weight excluding hydrogens is 344 g/mol. The number of ether oxygens (including phenoxy) is 1. The van der Waals surface area contributed by atoms with Gasteiger partial charge in [-0.2, -0.15) is 0 Å². The molecule has 136 valence electrons. The molecule has 0 aliphatic carbocycles. The Labute approximate surface area is 147 Å². The number of allylic oxidation sites excluding steroid dienone is 1. The second-order valence-electron chi connectivity index (χ2n) is 6.73. The second-order valence-corrected chi connectivity index (χ2v) is 8.69. The highest BCUT2D eigenvalue weighted by Gasteiger charge is 2.37. The molecular formula is C17H22N2O5S. The van der Waals surface area contributed by atoms with Gasteiger partial charge in [0.1, 0.15) is 11.5 Å². The van der Waals surface area contributed by atoms with Crippen LogP contribution in [0.2, 0.25) is 0 Å². The van der Waals surface area contributed by atoms with Gasteiger partial charge in [0, 0.05) is 18.0 Å². The van der Waals surface area contributed by atoms with Crippen LogP contribution in [0.1, 0.15) is 31.7 Å². The molecule has 0 radical (unpaired) electrons. The quantitative estimate of drug-likeness (QED) is 0.612. The molecule has 1 amide bonds. The number of carbonyl (C=O) groups is 1. The number of hydrogen-bond acceptors (Lipinski definition) is 5. The van der Waals surface area contributed by atoms with Gasteiger partial charge in [-0.25, -0.2) is 13.9 Å². The first kappa shape index (κ1) is 17.8. The number of amides is 1. The first-order valence-electron chi connectivity index (χ1n) is 8.25. The summed E-state index contributed by atoms with van der Waals surface area (Å²) in [7, 11) is -3.70. The van der Waals surface area contributed by atoms with Crippen LogP contribution in [0.15, 0.2) is 36.2 Å². The molecule has 2 atom stereocenters. The smallest absolute Gasteiger partial charge is 0.247 e. The highest BCUT2D eigenvalue weighted by atomic mass is 32.2. The van der Waals surface area contributed by atoms with E-state index in [9.17, 15) is 13.2 Å². The van der Waals surface area contributed by atoms with E-state index in [4.69, 9.17) is 9.94 Å². The second kappa shape index (κ2) is 6.68. The number of nitrogens with one attached hydrogen (secondary N) is 1. The molecule has 0 saturated heterocycles. The van der Waals surface area contributed by atoms with Crippen molar-refractivity contribution in [1.29, 1.82) is 0 Å². The van der Waals surface area contributed by atoms with Gasteiger partial charge in [0.15, 0.2) is 0 Å². The first-order chi connectivity index (χ1) is 11.8. The Morgan fingerprint density at radius 3 is 2.80 bits per heavy atom. The van der Waals surface area contributed by atoms with Gasteiger partial charge >= 0.3 is 0 Å². The number of carbonyl (C=O) groups excluding carboxylic acids is 1. The van der Waals surface area contributed by atoms with Crippen molar-refractivity contribution < 1.29 is 23.2 Å². The van der Waals surface area contributed by atoms with E-state index in [0.29, 0.717) is 18.7 Å². The summed E-state index contributed by atoms with van der Waals surface area (Å²) in [4.78, 5) is 11.8. The first-order valence-corrected chi connectivity index (χ1v) is 9.86. The number of nitrogens with zero attached hydrogens (tertiary/aromatic N) is 1. The van der Waals surface area contributed by atoms with E-state index < -0.39 is 21.8 Å². The van der Waals surface area contributed by atoms with Gasteiger partial charge < -0.3 is 4.74 Å². The normalized spacial score (nSPS) is 20.4. The average Bonchev–Trinajstić information content (AvgIpc) is 2.96. The van der Waals surface area contributed by atoms with E-state index in [2.05, 4.69) is 0 Å². The van der Waals surface area contributed by atoms with Crippen LogP contribution in [-0.2, 0) is 14.8 Å².